The molecule has 0 aliphatic carbocycles. The highest BCUT2D eigenvalue weighted by Crippen LogP contribution is 2.31. The van der Waals surface area contributed by atoms with E-state index >= 15 is 0 Å². The van der Waals surface area contributed by atoms with Crippen LogP contribution in [0.4, 0.5) is 11.4 Å². The molecule has 1 saturated heterocycles. The summed E-state index contributed by atoms with van der Waals surface area (Å²) in [7, 11) is 0. The van der Waals surface area contributed by atoms with Crippen molar-refractivity contribution in [2.24, 2.45) is 5.73 Å². The van der Waals surface area contributed by atoms with Crippen LogP contribution in [0.1, 0.15) is 23.2 Å². The first kappa shape index (κ1) is 13.3. The minimum atomic E-state index is -1.09. The van der Waals surface area contributed by atoms with Crippen molar-refractivity contribution in [2.75, 3.05) is 18.0 Å². The Morgan fingerprint density at radius 2 is 2.05 bits per heavy atom. The lowest BCUT2D eigenvalue weighted by Crippen LogP contribution is -2.40. The lowest BCUT2D eigenvalue weighted by Gasteiger charge is -2.31. The maximum Gasteiger partial charge on any atom is 0.335 e. The summed E-state index contributed by atoms with van der Waals surface area (Å²) < 4.78 is 0. The van der Waals surface area contributed by atoms with E-state index in [-0.39, 0.29) is 17.3 Å². The number of rotatable bonds is 3. The minimum Gasteiger partial charge on any atom is -0.478 e. The van der Waals surface area contributed by atoms with Crippen molar-refractivity contribution >= 4 is 17.3 Å². The molecule has 7 heteroatoms. The first-order valence-corrected chi connectivity index (χ1v) is 6.01. The number of carbonyl (C=O) groups is 1. The summed E-state index contributed by atoms with van der Waals surface area (Å²) in [5.74, 6) is -1.09. The van der Waals surface area contributed by atoms with Crippen LogP contribution in [0.2, 0.25) is 0 Å². The van der Waals surface area contributed by atoms with Crippen molar-refractivity contribution in [3.05, 3.63) is 33.9 Å². The van der Waals surface area contributed by atoms with Crippen LogP contribution < -0.4 is 10.6 Å². The summed E-state index contributed by atoms with van der Waals surface area (Å²) >= 11 is 0. The van der Waals surface area contributed by atoms with Crippen LogP contribution in [0.15, 0.2) is 18.2 Å². The monoisotopic (exact) mass is 265 g/mol. The first-order valence-electron chi connectivity index (χ1n) is 6.01. The largest absolute Gasteiger partial charge is 0.478 e. The summed E-state index contributed by atoms with van der Waals surface area (Å²) in [4.78, 5) is 23.3. The Balaban J connectivity index is 2.37. The minimum absolute atomic E-state index is 0.0514. The van der Waals surface area contributed by atoms with E-state index < -0.39 is 10.9 Å². The molecule has 1 aromatic carbocycles. The number of hydrogen-bond donors (Lipinski definition) is 2. The van der Waals surface area contributed by atoms with Crippen molar-refractivity contribution in [1.29, 1.82) is 0 Å². The highest BCUT2D eigenvalue weighted by Gasteiger charge is 2.24. The third-order valence-electron chi connectivity index (χ3n) is 3.30. The van der Waals surface area contributed by atoms with Crippen molar-refractivity contribution in [2.45, 2.75) is 18.9 Å². The fourth-order valence-corrected chi connectivity index (χ4v) is 2.20. The van der Waals surface area contributed by atoms with Crippen molar-refractivity contribution < 1.29 is 14.8 Å². The molecule has 7 nitrogen and oxygen atoms in total. The number of nitrogens with zero attached hydrogens (tertiary/aromatic N) is 2. The highest BCUT2D eigenvalue weighted by molar-refractivity contribution is 5.90. The third-order valence-corrected chi connectivity index (χ3v) is 3.30. The second-order valence-corrected chi connectivity index (χ2v) is 4.59. The summed E-state index contributed by atoms with van der Waals surface area (Å²) in [6.45, 7) is 1.20. The van der Waals surface area contributed by atoms with Gasteiger partial charge >= 0.3 is 5.97 Å². The molecule has 2 rings (SSSR count). The molecule has 0 bridgehead atoms. The maximum absolute atomic E-state index is 11.0. The van der Waals surface area contributed by atoms with Gasteiger partial charge in [-0.25, -0.2) is 4.79 Å². The number of anilines is 1. The normalized spacial score (nSPS) is 16.4. The summed E-state index contributed by atoms with van der Waals surface area (Å²) in [5, 5.41) is 20.0. The SMILES string of the molecule is NC1CCN(c2cc(C(=O)O)ccc2[N+](=O)[O-])CC1. The Hall–Kier alpha value is -2.15. The fourth-order valence-electron chi connectivity index (χ4n) is 2.20. The van der Waals surface area contributed by atoms with Crippen molar-refractivity contribution in [1.82, 2.24) is 0 Å². The number of benzene rings is 1. The molecular weight excluding hydrogens is 250 g/mol. The maximum atomic E-state index is 11.0. The van der Waals surface area contributed by atoms with Crippen LogP contribution in [-0.4, -0.2) is 35.1 Å². The first-order chi connectivity index (χ1) is 8.99. The highest BCUT2D eigenvalue weighted by atomic mass is 16.6. The second-order valence-electron chi connectivity index (χ2n) is 4.59. The van der Waals surface area contributed by atoms with E-state index in [9.17, 15) is 14.9 Å². The Morgan fingerprint density at radius 3 is 2.58 bits per heavy atom. The van der Waals surface area contributed by atoms with E-state index in [0.29, 0.717) is 18.8 Å². The summed E-state index contributed by atoms with van der Waals surface area (Å²) in [6.07, 6.45) is 1.49. The quantitative estimate of drug-likeness (QED) is 0.628. The van der Waals surface area contributed by atoms with Gasteiger partial charge in [0.25, 0.3) is 5.69 Å². The predicted molar refractivity (Wildman–Crippen MR) is 69.5 cm³/mol. The number of carboxylic acids is 1. The molecule has 1 fully saturated rings. The van der Waals surface area contributed by atoms with E-state index in [4.69, 9.17) is 10.8 Å². The topological polar surface area (TPSA) is 110 Å². The van der Waals surface area contributed by atoms with E-state index in [0.717, 1.165) is 12.8 Å². The Bertz CT molecular complexity index is 510. The number of nitro benzene ring substituents is 1. The Kier molecular flexibility index (Phi) is 3.66. The van der Waals surface area contributed by atoms with Gasteiger partial charge in [-0.2, -0.15) is 0 Å². The Morgan fingerprint density at radius 1 is 1.42 bits per heavy atom. The van der Waals surface area contributed by atoms with E-state index in [1.165, 1.54) is 18.2 Å². The van der Waals surface area contributed by atoms with Gasteiger partial charge in [-0.3, -0.25) is 10.1 Å². The van der Waals surface area contributed by atoms with Gasteiger partial charge in [0.05, 0.1) is 10.5 Å². The number of piperidine rings is 1. The van der Waals surface area contributed by atoms with Crippen LogP contribution in [0.25, 0.3) is 0 Å². The van der Waals surface area contributed by atoms with Gasteiger partial charge in [-0.15, -0.1) is 0 Å². The molecule has 102 valence electrons. The number of hydrogen-bond acceptors (Lipinski definition) is 5. The van der Waals surface area contributed by atoms with Crippen molar-refractivity contribution in [3.8, 4) is 0 Å². The lowest BCUT2D eigenvalue weighted by molar-refractivity contribution is -0.384. The van der Waals surface area contributed by atoms with E-state index in [1.54, 1.807) is 0 Å². The lowest BCUT2D eigenvalue weighted by atomic mass is 10.0. The number of aromatic carboxylic acids is 1. The zero-order chi connectivity index (χ0) is 14.0. The molecule has 3 N–H and O–H groups in total. The van der Waals surface area contributed by atoms with Gasteiger partial charge in [0.2, 0.25) is 0 Å². The van der Waals surface area contributed by atoms with Gasteiger partial charge in [-0.1, -0.05) is 0 Å². The van der Waals surface area contributed by atoms with Crippen LogP contribution in [-0.2, 0) is 0 Å². The van der Waals surface area contributed by atoms with E-state index in [1.807, 2.05) is 4.90 Å². The molecule has 1 aliphatic rings. The van der Waals surface area contributed by atoms with Gasteiger partial charge in [-0.05, 0) is 25.0 Å². The van der Waals surface area contributed by atoms with Gasteiger partial charge < -0.3 is 15.7 Å². The zero-order valence-electron chi connectivity index (χ0n) is 10.3. The molecule has 0 aromatic heterocycles. The molecular formula is C12H15N3O4. The van der Waals surface area contributed by atoms with Gasteiger partial charge in [0.1, 0.15) is 5.69 Å². The molecule has 0 radical (unpaired) electrons. The van der Waals surface area contributed by atoms with Crippen LogP contribution in [0.3, 0.4) is 0 Å². The van der Waals surface area contributed by atoms with Crippen LogP contribution in [0, 0.1) is 10.1 Å². The molecule has 0 spiro atoms. The smallest absolute Gasteiger partial charge is 0.335 e. The van der Waals surface area contributed by atoms with Gasteiger partial charge in [0, 0.05) is 25.2 Å². The average molecular weight is 265 g/mol. The molecule has 0 unspecified atom stereocenters. The molecule has 1 heterocycles. The van der Waals surface area contributed by atoms with Crippen LogP contribution in [0.5, 0.6) is 0 Å². The third kappa shape index (κ3) is 2.82. The van der Waals surface area contributed by atoms with Crippen molar-refractivity contribution in [3.63, 3.8) is 0 Å². The summed E-state index contributed by atoms with van der Waals surface area (Å²) in [6, 6.07) is 3.96. The molecule has 0 atom stereocenters. The Labute approximate surface area is 109 Å². The zero-order valence-corrected chi connectivity index (χ0v) is 10.3. The molecule has 0 amide bonds. The summed E-state index contributed by atoms with van der Waals surface area (Å²) in [5.41, 5.74) is 6.14. The molecule has 0 saturated carbocycles. The number of carboxylic acid groups (broad SMARTS) is 1. The second kappa shape index (κ2) is 5.23. The number of nitro groups is 1. The van der Waals surface area contributed by atoms with E-state index in [2.05, 4.69) is 0 Å². The van der Waals surface area contributed by atoms with Crippen LogP contribution >= 0.6 is 0 Å². The fraction of sp³-hybridized carbons (Fsp3) is 0.417. The average Bonchev–Trinajstić information content (AvgIpc) is 2.38. The predicted octanol–water partition coefficient (Wildman–Crippen LogP) is 1.22. The standard InChI is InChI=1S/C12H15N3O4/c13-9-3-5-14(6-4-9)11-7-8(12(16)17)1-2-10(11)15(18)19/h1-2,7,9H,3-6,13H2,(H,16,17). The number of nitrogens with two attached hydrogens (primary N) is 1. The molecule has 19 heavy (non-hydrogen) atoms. The molecule has 1 aliphatic heterocycles. The molecule has 1 aromatic rings. The van der Waals surface area contributed by atoms with Gasteiger partial charge in [0.15, 0.2) is 0 Å².